The summed E-state index contributed by atoms with van der Waals surface area (Å²) in [7, 11) is 0. The van der Waals surface area contributed by atoms with Gasteiger partial charge in [0.2, 0.25) is 5.91 Å². The zero-order valence-electron chi connectivity index (χ0n) is 13.2. The maximum atomic E-state index is 13.0. The lowest BCUT2D eigenvalue weighted by molar-refractivity contribution is -0.123. The molecule has 2 aromatic carbocycles. The van der Waals surface area contributed by atoms with Gasteiger partial charge >= 0.3 is 0 Å². The van der Waals surface area contributed by atoms with Gasteiger partial charge in [-0.05, 0) is 30.7 Å². The third-order valence-electron chi connectivity index (χ3n) is 3.94. The summed E-state index contributed by atoms with van der Waals surface area (Å²) in [4.78, 5) is 12.1. The Morgan fingerprint density at radius 3 is 2.71 bits per heavy atom. The molecule has 1 heterocycles. The number of nitrogens with one attached hydrogen (secondary N) is 1. The Morgan fingerprint density at radius 2 is 1.96 bits per heavy atom. The fourth-order valence-electron chi connectivity index (χ4n) is 2.53. The Balaban J connectivity index is 1.63. The van der Waals surface area contributed by atoms with Gasteiger partial charge in [0, 0.05) is 5.39 Å². The van der Waals surface area contributed by atoms with Crippen LogP contribution in [0.5, 0.6) is 0 Å². The topological polar surface area (TPSA) is 67.2 Å². The standard InChI is InChI=1S/C18H18FN3O2/c1-18(24,14-6-8-15(19)9-7-14)12-20-17(23)11-22-16-5-3-2-4-13(16)10-21-22/h2-10,24H,11-12H2,1H3,(H,20,23). The molecule has 0 saturated heterocycles. The minimum absolute atomic E-state index is 0.0245. The van der Waals surface area contributed by atoms with Crippen LogP contribution in [-0.2, 0) is 16.9 Å². The van der Waals surface area contributed by atoms with Gasteiger partial charge in [-0.1, -0.05) is 30.3 Å². The Labute approximate surface area is 138 Å². The normalized spacial score (nSPS) is 13.6. The van der Waals surface area contributed by atoms with E-state index < -0.39 is 5.60 Å². The number of carbonyl (C=O) groups excluding carboxylic acids is 1. The fraction of sp³-hybridized carbons (Fsp3) is 0.222. The van der Waals surface area contributed by atoms with Gasteiger partial charge < -0.3 is 10.4 Å². The molecule has 1 unspecified atom stereocenters. The molecule has 0 aliphatic heterocycles. The van der Waals surface area contributed by atoms with Crippen molar-refractivity contribution in [1.82, 2.24) is 15.1 Å². The summed E-state index contributed by atoms with van der Waals surface area (Å²) in [6.45, 7) is 1.66. The molecule has 1 amide bonds. The Morgan fingerprint density at radius 1 is 1.25 bits per heavy atom. The van der Waals surface area contributed by atoms with E-state index in [4.69, 9.17) is 0 Å². The summed E-state index contributed by atoms with van der Waals surface area (Å²) in [6, 6.07) is 13.2. The number of hydrogen-bond donors (Lipinski definition) is 2. The molecule has 24 heavy (non-hydrogen) atoms. The fourth-order valence-corrected chi connectivity index (χ4v) is 2.53. The van der Waals surface area contributed by atoms with E-state index in [0.29, 0.717) is 5.56 Å². The molecule has 0 spiro atoms. The smallest absolute Gasteiger partial charge is 0.241 e. The first-order valence-electron chi connectivity index (χ1n) is 7.61. The van der Waals surface area contributed by atoms with Crippen molar-refractivity contribution < 1.29 is 14.3 Å². The number of aromatic nitrogens is 2. The molecule has 0 radical (unpaired) electrons. The molecule has 1 atom stereocenters. The molecule has 0 aliphatic rings. The van der Waals surface area contributed by atoms with Crippen LogP contribution < -0.4 is 5.32 Å². The van der Waals surface area contributed by atoms with E-state index in [1.165, 1.54) is 24.3 Å². The maximum Gasteiger partial charge on any atom is 0.241 e. The molecule has 3 rings (SSSR count). The third-order valence-corrected chi connectivity index (χ3v) is 3.94. The number of para-hydroxylation sites is 1. The lowest BCUT2D eigenvalue weighted by Gasteiger charge is -2.24. The minimum Gasteiger partial charge on any atom is -0.384 e. The number of amides is 1. The predicted octanol–water partition coefficient (Wildman–Crippen LogP) is 2.20. The molecule has 0 saturated carbocycles. The molecule has 5 nitrogen and oxygen atoms in total. The van der Waals surface area contributed by atoms with Crippen molar-refractivity contribution in [3.63, 3.8) is 0 Å². The highest BCUT2D eigenvalue weighted by molar-refractivity contribution is 5.81. The van der Waals surface area contributed by atoms with Crippen molar-refractivity contribution in [2.45, 2.75) is 19.1 Å². The van der Waals surface area contributed by atoms with Gasteiger partial charge in [0.05, 0.1) is 18.3 Å². The van der Waals surface area contributed by atoms with Crippen LogP contribution in [0.1, 0.15) is 12.5 Å². The van der Waals surface area contributed by atoms with E-state index in [-0.39, 0.29) is 24.8 Å². The second kappa shape index (κ2) is 6.41. The summed E-state index contributed by atoms with van der Waals surface area (Å²) >= 11 is 0. The molecular formula is C18H18FN3O2. The number of aliphatic hydroxyl groups is 1. The summed E-state index contributed by atoms with van der Waals surface area (Å²) in [5.74, 6) is -0.629. The highest BCUT2D eigenvalue weighted by atomic mass is 19.1. The van der Waals surface area contributed by atoms with Crippen LogP contribution in [0, 0.1) is 5.82 Å². The van der Waals surface area contributed by atoms with E-state index >= 15 is 0 Å². The first-order chi connectivity index (χ1) is 11.5. The van der Waals surface area contributed by atoms with Crippen molar-refractivity contribution in [2.24, 2.45) is 0 Å². The Bertz CT molecular complexity index is 856. The first-order valence-corrected chi connectivity index (χ1v) is 7.61. The van der Waals surface area contributed by atoms with E-state index in [1.54, 1.807) is 17.8 Å². The van der Waals surface area contributed by atoms with Gasteiger partial charge in [-0.2, -0.15) is 5.10 Å². The zero-order chi connectivity index (χ0) is 17.2. The Kier molecular flexibility index (Phi) is 4.31. The third kappa shape index (κ3) is 3.44. The number of halogens is 1. The highest BCUT2D eigenvalue weighted by Crippen LogP contribution is 2.20. The van der Waals surface area contributed by atoms with Gasteiger partial charge in [0.25, 0.3) is 0 Å². The lowest BCUT2D eigenvalue weighted by Crippen LogP contribution is -2.40. The van der Waals surface area contributed by atoms with Crippen molar-refractivity contribution in [3.8, 4) is 0 Å². The summed E-state index contributed by atoms with van der Waals surface area (Å²) < 4.78 is 14.6. The van der Waals surface area contributed by atoms with Crippen LogP contribution in [0.25, 0.3) is 10.9 Å². The molecule has 124 valence electrons. The van der Waals surface area contributed by atoms with Crippen LogP contribution in [0.3, 0.4) is 0 Å². The van der Waals surface area contributed by atoms with E-state index in [0.717, 1.165) is 10.9 Å². The summed E-state index contributed by atoms with van der Waals surface area (Å²) in [5, 5.41) is 18.3. The quantitative estimate of drug-likeness (QED) is 0.755. The van der Waals surface area contributed by atoms with Crippen molar-refractivity contribution >= 4 is 16.8 Å². The number of rotatable bonds is 5. The van der Waals surface area contributed by atoms with Gasteiger partial charge in [-0.3, -0.25) is 9.48 Å². The van der Waals surface area contributed by atoms with Gasteiger partial charge in [0.1, 0.15) is 18.0 Å². The zero-order valence-corrected chi connectivity index (χ0v) is 13.2. The highest BCUT2D eigenvalue weighted by Gasteiger charge is 2.24. The number of benzene rings is 2. The summed E-state index contributed by atoms with van der Waals surface area (Å²) in [6.07, 6.45) is 1.71. The molecular weight excluding hydrogens is 309 g/mol. The lowest BCUT2D eigenvalue weighted by atomic mass is 9.96. The van der Waals surface area contributed by atoms with E-state index in [9.17, 15) is 14.3 Å². The van der Waals surface area contributed by atoms with Gasteiger partial charge in [-0.15, -0.1) is 0 Å². The Hall–Kier alpha value is -2.73. The molecule has 0 aliphatic carbocycles. The van der Waals surface area contributed by atoms with E-state index in [1.807, 2.05) is 24.3 Å². The molecule has 3 aromatic rings. The van der Waals surface area contributed by atoms with E-state index in [2.05, 4.69) is 10.4 Å². The number of carbonyl (C=O) groups is 1. The molecule has 6 heteroatoms. The van der Waals surface area contributed by atoms with Gasteiger partial charge in [0.15, 0.2) is 0 Å². The number of hydrogen-bond acceptors (Lipinski definition) is 3. The van der Waals surface area contributed by atoms with Crippen molar-refractivity contribution in [3.05, 3.63) is 66.1 Å². The molecule has 2 N–H and O–H groups in total. The average molecular weight is 327 g/mol. The SMILES string of the molecule is CC(O)(CNC(=O)Cn1ncc2ccccc21)c1ccc(F)cc1. The molecule has 0 bridgehead atoms. The van der Waals surface area contributed by atoms with Crippen LogP contribution in [-0.4, -0.2) is 27.3 Å². The number of fused-ring (bicyclic) bond motifs is 1. The van der Waals surface area contributed by atoms with Gasteiger partial charge in [-0.25, -0.2) is 4.39 Å². The van der Waals surface area contributed by atoms with Crippen LogP contribution >= 0.6 is 0 Å². The second-order valence-corrected chi connectivity index (χ2v) is 5.92. The summed E-state index contributed by atoms with van der Waals surface area (Å²) in [5.41, 5.74) is 0.127. The minimum atomic E-state index is -1.28. The number of nitrogens with zero attached hydrogens (tertiary/aromatic N) is 2. The average Bonchev–Trinajstić information content (AvgIpc) is 2.97. The first kappa shape index (κ1) is 16.1. The van der Waals surface area contributed by atoms with Crippen LogP contribution in [0.2, 0.25) is 0 Å². The van der Waals surface area contributed by atoms with Crippen molar-refractivity contribution in [1.29, 1.82) is 0 Å². The van der Waals surface area contributed by atoms with Crippen molar-refractivity contribution in [2.75, 3.05) is 6.54 Å². The van der Waals surface area contributed by atoms with Crippen LogP contribution in [0.4, 0.5) is 4.39 Å². The van der Waals surface area contributed by atoms with Crippen LogP contribution in [0.15, 0.2) is 54.7 Å². The largest absolute Gasteiger partial charge is 0.384 e. The predicted molar refractivity (Wildman–Crippen MR) is 88.7 cm³/mol. The molecule has 1 aromatic heterocycles. The second-order valence-electron chi connectivity index (χ2n) is 5.92. The maximum absolute atomic E-state index is 13.0. The molecule has 0 fully saturated rings. The monoisotopic (exact) mass is 327 g/mol.